The number of anilines is 1. The monoisotopic (exact) mass is 933 g/mol. The number of benzene rings is 3. The number of nitrogens with zero attached hydrogens (tertiary/aromatic N) is 3. The van der Waals surface area contributed by atoms with E-state index in [-0.39, 0.29) is 31.6 Å². The Kier molecular flexibility index (Phi) is 16.7. The number of rotatable bonds is 18. The van der Waals surface area contributed by atoms with E-state index in [0.29, 0.717) is 49.1 Å². The lowest BCUT2D eigenvalue weighted by atomic mass is 10.0. The third kappa shape index (κ3) is 13.4. The summed E-state index contributed by atoms with van der Waals surface area (Å²) in [4.78, 5) is 64.2. The number of primary amides is 1. The zero-order valence-corrected chi connectivity index (χ0v) is 36.1. The van der Waals surface area contributed by atoms with Crippen LogP contribution in [-0.4, -0.2) is 84.9 Å². The highest BCUT2D eigenvalue weighted by atomic mass is 79.9. The average molecular weight is 935 g/mol. The van der Waals surface area contributed by atoms with Gasteiger partial charge in [0.15, 0.2) is 0 Å². The highest BCUT2D eigenvalue weighted by Gasteiger charge is 2.31. The molecular weight excluding hydrogens is 890 g/mol. The second kappa shape index (κ2) is 21.7. The van der Waals surface area contributed by atoms with E-state index in [4.69, 9.17) is 25.5 Å². The van der Waals surface area contributed by atoms with Gasteiger partial charge < -0.3 is 42.2 Å². The van der Waals surface area contributed by atoms with Crippen LogP contribution in [0.5, 0.6) is 5.75 Å². The van der Waals surface area contributed by atoms with Gasteiger partial charge in [-0.2, -0.15) is 18.9 Å². The molecule has 5 amide bonds. The zero-order valence-electron chi connectivity index (χ0n) is 33.7. The molecule has 21 heteroatoms. The van der Waals surface area contributed by atoms with E-state index in [1.54, 1.807) is 80.6 Å². The topological polar surface area (TPSA) is 311 Å². The van der Waals surface area contributed by atoms with Crippen molar-refractivity contribution in [3.8, 4) is 17.9 Å². The number of nitrogens with two attached hydrogens (primary N) is 2. The van der Waals surface area contributed by atoms with Gasteiger partial charge in [-0.05, 0) is 78.9 Å². The number of nitriles is 2. The Hall–Kier alpha value is -6.78. The first kappa shape index (κ1) is 47.9. The molecule has 62 heavy (non-hydrogen) atoms. The Morgan fingerprint density at radius 2 is 1.69 bits per heavy atom. The first-order chi connectivity index (χ1) is 29.3. The van der Waals surface area contributed by atoms with Gasteiger partial charge in [-0.25, -0.2) is 9.59 Å². The van der Waals surface area contributed by atoms with Crippen molar-refractivity contribution in [2.24, 2.45) is 17.4 Å². The fourth-order valence-electron chi connectivity index (χ4n) is 6.08. The van der Waals surface area contributed by atoms with Crippen molar-refractivity contribution in [1.82, 2.24) is 20.5 Å². The standard InChI is InChI=1S/C41H44BrN9O10S/c1-23(2)36(50-37(52)32(45)22-62(57,58)59)39(54)49-33(5-4-14-47-40(46)55)38(53)48-29-10-6-24(7-11-29)21-61-41(56)51-20-31(30-17-28(42)9-12-34(30)51)27(19-44)16-26-15-25(18-43)8-13-35(26)60-3/h6-13,15-17,20,23,32-33,36H,4-5,14,21-22,45H2,1-3H3,(H,48,53)(H,49,54)(H,50,52)(H3,46,47,55)(H,57,58,59)/b27-16+/t32?,33-,36-/m0/s1. The quantitative estimate of drug-likeness (QED) is 0.0425. The maximum Gasteiger partial charge on any atom is 0.418 e. The summed E-state index contributed by atoms with van der Waals surface area (Å²) < 4.78 is 44.6. The molecule has 4 aromatic rings. The number of carbonyl (C=O) groups excluding carboxylic acids is 5. The number of urea groups is 1. The van der Waals surface area contributed by atoms with Crippen molar-refractivity contribution < 1.29 is 46.4 Å². The number of aromatic nitrogens is 1. The molecule has 1 aromatic heterocycles. The highest BCUT2D eigenvalue weighted by molar-refractivity contribution is 9.10. The van der Waals surface area contributed by atoms with Crippen LogP contribution in [0.4, 0.5) is 15.3 Å². The summed E-state index contributed by atoms with van der Waals surface area (Å²) >= 11 is 3.46. The first-order valence-electron chi connectivity index (χ1n) is 18.8. The molecule has 4 rings (SSSR count). The van der Waals surface area contributed by atoms with Gasteiger partial charge in [-0.1, -0.05) is 41.9 Å². The Bertz CT molecular complexity index is 2560. The Balaban J connectivity index is 1.48. The fraction of sp³-hybridized carbons (Fsp3) is 0.293. The molecule has 1 unspecified atom stereocenters. The summed E-state index contributed by atoms with van der Waals surface area (Å²) in [6, 6.07) is 15.6. The van der Waals surface area contributed by atoms with E-state index < -0.39 is 69.8 Å². The smallest absolute Gasteiger partial charge is 0.418 e. The van der Waals surface area contributed by atoms with E-state index in [1.807, 2.05) is 0 Å². The number of carbonyl (C=O) groups is 5. The molecule has 3 atom stereocenters. The molecule has 0 radical (unpaired) electrons. The van der Waals surface area contributed by atoms with Gasteiger partial charge in [0, 0.05) is 39.4 Å². The fourth-order valence-corrected chi connectivity index (χ4v) is 7.05. The van der Waals surface area contributed by atoms with Crippen LogP contribution in [0.2, 0.25) is 0 Å². The molecule has 9 N–H and O–H groups in total. The second-order valence-corrected chi connectivity index (χ2v) is 16.5. The minimum absolute atomic E-state index is 0.0217. The number of halogens is 1. The highest BCUT2D eigenvalue weighted by Crippen LogP contribution is 2.33. The second-order valence-electron chi connectivity index (χ2n) is 14.1. The summed E-state index contributed by atoms with van der Waals surface area (Å²) in [6.45, 7) is 3.10. The Morgan fingerprint density at radius 1 is 0.984 bits per heavy atom. The summed E-state index contributed by atoms with van der Waals surface area (Å²) in [5, 5.41) is 30.3. The molecule has 0 aliphatic carbocycles. The van der Waals surface area contributed by atoms with Crippen LogP contribution in [0.1, 0.15) is 48.9 Å². The Labute approximate surface area is 365 Å². The maximum absolute atomic E-state index is 13.5. The average Bonchev–Trinajstić information content (AvgIpc) is 3.59. The van der Waals surface area contributed by atoms with Crippen LogP contribution in [0.15, 0.2) is 71.3 Å². The van der Waals surface area contributed by atoms with Crippen molar-refractivity contribution in [3.63, 3.8) is 0 Å². The molecule has 0 aliphatic rings. The maximum atomic E-state index is 13.5. The van der Waals surface area contributed by atoms with Crippen LogP contribution in [-0.2, 0) is 35.8 Å². The lowest BCUT2D eigenvalue weighted by molar-refractivity contribution is -0.132. The zero-order chi connectivity index (χ0) is 45.7. The van der Waals surface area contributed by atoms with E-state index in [9.17, 15) is 42.9 Å². The van der Waals surface area contributed by atoms with Crippen molar-refractivity contribution in [2.75, 3.05) is 24.7 Å². The van der Waals surface area contributed by atoms with Crippen LogP contribution in [0, 0.1) is 28.6 Å². The van der Waals surface area contributed by atoms with Crippen molar-refractivity contribution >= 4 is 84.1 Å². The van der Waals surface area contributed by atoms with E-state index >= 15 is 0 Å². The molecule has 0 bridgehead atoms. The molecule has 0 saturated carbocycles. The van der Waals surface area contributed by atoms with Gasteiger partial charge in [0.2, 0.25) is 17.7 Å². The third-order valence-electron chi connectivity index (χ3n) is 9.19. The first-order valence-corrected chi connectivity index (χ1v) is 21.2. The summed E-state index contributed by atoms with van der Waals surface area (Å²) in [7, 11) is -3.12. The van der Waals surface area contributed by atoms with Gasteiger partial charge in [0.1, 0.15) is 30.5 Å². The van der Waals surface area contributed by atoms with E-state index in [1.165, 1.54) is 17.9 Å². The number of methoxy groups -OCH3 is 1. The molecule has 0 fully saturated rings. The lowest BCUT2D eigenvalue weighted by Crippen LogP contribution is -2.57. The van der Waals surface area contributed by atoms with Gasteiger partial charge in [-0.3, -0.25) is 23.5 Å². The van der Waals surface area contributed by atoms with Crippen LogP contribution < -0.4 is 37.5 Å². The number of nitrogens with one attached hydrogen (secondary N) is 4. The predicted molar refractivity (Wildman–Crippen MR) is 231 cm³/mol. The van der Waals surface area contributed by atoms with Crippen LogP contribution in [0.3, 0.4) is 0 Å². The van der Waals surface area contributed by atoms with Crippen LogP contribution >= 0.6 is 15.9 Å². The minimum Gasteiger partial charge on any atom is -0.496 e. The van der Waals surface area contributed by atoms with E-state index in [2.05, 4.69) is 49.3 Å². The summed E-state index contributed by atoms with van der Waals surface area (Å²) in [6.07, 6.45) is 2.54. The minimum atomic E-state index is -4.59. The number of fused-ring (bicyclic) bond motifs is 1. The van der Waals surface area contributed by atoms with Crippen LogP contribution in [0.25, 0.3) is 22.6 Å². The molecule has 326 valence electrons. The van der Waals surface area contributed by atoms with E-state index in [0.717, 1.165) is 0 Å². The number of hydrogen-bond donors (Lipinski definition) is 7. The van der Waals surface area contributed by atoms with Gasteiger partial charge in [0.05, 0.1) is 41.7 Å². The normalized spacial score (nSPS) is 12.9. The van der Waals surface area contributed by atoms with Gasteiger partial charge in [-0.15, -0.1) is 0 Å². The van der Waals surface area contributed by atoms with Crippen molar-refractivity contribution in [1.29, 1.82) is 10.5 Å². The molecule has 3 aromatic carbocycles. The lowest BCUT2D eigenvalue weighted by Gasteiger charge is -2.26. The largest absolute Gasteiger partial charge is 0.496 e. The predicted octanol–water partition coefficient (Wildman–Crippen LogP) is 3.76. The van der Waals surface area contributed by atoms with Crippen molar-refractivity contribution in [2.45, 2.75) is 51.4 Å². The summed E-state index contributed by atoms with van der Waals surface area (Å²) in [5.74, 6) is -3.64. The number of amides is 5. The molecule has 0 saturated heterocycles. The number of allylic oxidation sites excluding steroid dienone is 1. The SMILES string of the molecule is COc1ccc(C#N)cc1/C=C(\C#N)c1cn(C(=O)OCc2ccc(NC(=O)[C@H](CCCNC(N)=O)NC(=O)[C@@H](NC(=O)C(N)CS(=O)(=O)O)C(C)C)cc2)c2ccc(Br)cc12. The van der Waals surface area contributed by atoms with Crippen molar-refractivity contribution in [3.05, 3.63) is 93.6 Å². The summed E-state index contributed by atoms with van der Waals surface area (Å²) in [5.41, 5.74) is 13.5. The molecule has 0 spiro atoms. The molecule has 19 nitrogen and oxygen atoms in total. The third-order valence-corrected chi connectivity index (χ3v) is 10.5. The molecular formula is C41H44BrN9O10S. The number of ether oxygens (including phenoxy) is 2. The van der Waals surface area contributed by atoms with Gasteiger partial charge >= 0.3 is 12.1 Å². The molecule has 0 aliphatic heterocycles. The number of hydrogen-bond acceptors (Lipinski definition) is 12. The Morgan fingerprint density at radius 3 is 2.31 bits per heavy atom. The molecule has 1 heterocycles. The van der Waals surface area contributed by atoms with Gasteiger partial charge in [0.25, 0.3) is 10.1 Å².